The predicted molar refractivity (Wildman–Crippen MR) is 107 cm³/mol. The number of nitrogens with one attached hydrogen (secondary N) is 1. The van der Waals surface area contributed by atoms with Crippen molar-refractivity contribution < 1.29 is 4.79 Å². The summed E-state index contributed by atoms with van der Waals surface area (Å²) >= 11 is 1.63. The van der Waals surface area contributed by atoms with Crippen molar-refractivity contribution >= 4 is 29.1 Å². The number of fused-ring (bicyclic) bond motifs is 2. The van der Waals surface area contributed by atoms with E-state index in [-0.39, 0.29) is 11.2 Å². The number of anilines is 1. The normalized spacial score (nSPS) is 15.6. The number of hydrogen-bond acceptors (Lipinski definition) is 4. The molecule has 1 amide bonds. The second-order valence-corrected chi connectivity index (χ2v) is 7.68. The molecule has 1 N–H and O–H groups in total. The Kier molecular flexibility index (Phi) is 3.90. The average Bonchev–Trinajstić information content (AvgIpc) is 3.32. The van der Waals surface area contributed by atoms with Gasteiger partial charge in [0.25, 0.3) is 0 Å². The molecule has 0 radical (unpaired) electrons. The Hall–Kier alpha value is -3.12. The highest BCUT2D eigenvalue weighted by molar-refractivity contribution is 8.01. The van der Waals surface area contributed by atoms with Gasteiger partial charge in [0.1, 0.15) is 0 Å². The zero-order valence-electron chi connectivity index (χ0n) is 14.4. The molecule has 4 aromatic rings. The van der Waals surface area contributed by atoms with Crippen molar-refractivity contribution in [2.24, 2.45) is 0 Å². The van der Waals surface area contributed by atoms with E-state index in [1.165, 1.54) is 10.5 Å². The third-order valence-electron chi connectivity index (χ3n) is 4.62. The van der Waals surface area contributed by atoms with Crippen molar-refractivity contribution in [3.05, 3.63) is 78.8 Å². The van der Waals surface area contributed by atoms with Crippen LogP contribution < -0.4 is 5.32 Å². The van der Waals surface area contributed by atoms with Crippen molar-refractivity contribution in [3.8, 4) is 11.3 Å². The first-order chi connectivity index (χ1) is 13.3. The van der Waals surface area contributed by atoms with E-state index in [1.807, 2.05) is 59.3 Å². The summed E-state index contributed by atoms with van der Waals surface area (Å²) in [6.45, 7) is 0. The molecule has 5 rings (SSSR count). The zero-order chi connectivity index (χ0) is 18.2. The standard InChI is InChI=1S/C21H16N4OS/c26-20(19-12-15-4-1-2-5-18(15)27-19)23-16-8-6-14(7-9-16)17-13-25-11-3-10-22-21(25)24-17/h1-11,13,19H,12H2,(H,23,26). The van der Waals surface area contributed by atoms with Gasteiger partial charge in [-0.2, -0.15) is 0 Å². The van der Waals surface area contributed by atoms with E-state index in [4.69, 9.17) is 0 Å². The Labute approximate surface area is 160 Å². The smallest absolute Gasteiger partial charge is 0.238 e. The second-order valence-electron chi connectivity index (χ2n) is 6.44. The number of rotatable bonds is 3. The average molecular weight is 372 g/mol. The molecule has 1 aliphatic heterocycles. The Morgan fingerprint density at radius 3 is 2.78 bits per heavy atom. The van der Waals surface area contributed by atoms with Crippen molar-refractivity contribution in [2.45, 2.75) is 16.6 Å². The van der Waals surface area contributed by atoms with E-state index in [0.717, 1.165) is 23.4 Å². The monoisotopic (exact) mass is 372 g/mol. The summed E-state index contributed by atoms with van der Waals surface area (Å²) in [5.74, 6) is 0.712. The summed E-state index contributed by atoms with van der Waals surface area (Å²) in [7, 11) is 0. The van der Waals surface area contributed by atoms with Crippen LogP contribution in [0.4, 0.5) is 5.69 Å². The van der Waals surface area contributed by atoms with Crippen molar-refractivity contribution in [1.82, 2.24) is 14.4 Å². The molecule has 132 valence electrons. The van der Waals surface area contributed by atoms with Gasteiger partial charge in [0.15, 0.2) is 0 Å². The molecular weight excluding hydrogens is 356 g/mol. The van der Waals surface area contributed by atoms with Gasteiger partial charge in [-0.25, -0.2) is 9.97 Å². The molecule has 0 bridgehead atoms. The predicted octanol–water partition coefficient (Wildman–Crippen LogP) is 4.05. The fraction of sp³-hybridized carbons (Fsp3) is 0.0952. The summed E-state index contributed by atoms with van der Waals surface area (Å²) in [4.78, 5) is 22.6. The highest BCUT2D eigenvalue weighted by Gasteiger charge is 2.27. The Bertz CT molecular complexity index is 1080. The maximum absolute atomic E-state index is 12.6. The third kappa shape index (κ3) is 3.08. The van der Waals surface area contributed by atoms with Gasteiger partial charge in [-0.3, -0.25) is 9.20 Å². The summed E-state index contributed by atoms with van der Waals surface area (Å²) in [5, 5.41) is 2.95. The van der Waals surface area contributed by atoms with E-state index in [2.05, 4.69) is 27.4 Å². The number of aromatic nitrogens is 3. The molecule has 2 aromatic carbocycles. The fourth-order valence-electron chi connectivity index (χ4n) is 3.24. The minimum Gasteiger partial charge on any atom is -0.325 e. The molecule has 27 heavy (non-hydrogen) atoms. The van der Waals surface area contributed by atoms with E-state index in [9.17, 15) is 4.79 Å². The van der Waals surface area contributed by atoms with E-state index in [1.54, 1.807) is 18.0 Å². The van der Waals surface area contributed by atoms with Crippen LogP contribution in [0.1, 0.15) is 5.56 Å². The van der Waals surface area contributed by atoms with E-state index in [0.29, 0.717) is 5.78 Å². The first-order valence-corrected chi connectivity index (χ1v) is 9.60. The SMILES string of the molecule is O=C(Nc1ccc(-c2cn3cccnc3n2)cc1)C1Cc2ccccc2S1. The third-order valence-corrected chi connectivity index (χ3v) is 5.94. The van der Waals surface area contributed by atoms with Crippen LogP contribution >= 0.6 is 11.8 Å². The van der Waals surface area contributed by atoms with Crippen LogP contribution in [0.5, 0.6) is 0 Å². The molecule has 1 aliphatic rings. The summed E-state index contributed by atoms with van der Waals surface area (Å²) < 4.78 is 1.89. The van der Waals surface area contributed by atoms with Crippen LogP contribution in [0.15, 0.2) is 78.1 Å². The van der Waals surface area contributed by atoms with Crippen LogP contribution in [0.2, 0.25) is 0 Å². The minimum absolute atomic E-state index is 0.0425. The number of carbonyl (C=O) groups excluding carboxylic acids is 1. The van der Waals surface area contributed by atoms with E-state index < -0.39 is 0 Å². The summed E-state index contributed by atoms with van der Waals surface area (Å²) in [6.07, 6.45) is 6.37. The lowest BCUT2D eigenvalue weighted by Gasteiger charge is -2.10. The molecule has 1 atom stereocenters. The maximum Gasteiger partial charge on any atom is 0.238 e. The first-order valence-electron chi connectivity index (χ1n) is 8.72. The molecule has 0 aliphatic carbocycles. The van der Waals surface area contributed by atoms with Crippen molar-refractivity contribution in [1.29, 1.82) is 0 Å². The van der Waals surface area contributed by atoms with Crippen molar-refractivity contribution in [3.63, 3.8) is 0 Å². The van der Waals surface area contributed by atoms with Crippen LogP contribution in [-0.2, 0) is 11.2 Å². The lowest BCUT2D eigenvalue weighted by molar-refractivity contribution is -0.115. The molecule has 3 heterocycles. The number of hydrogen-bond donors (Lipinski definition) is 1. The lowest BCUT2D eigenvalue weighted by atomic mass is 10.1. The Balaban J connectivity index is 1.30. The van der Waals surface area contributed by atoms with Gasteiger partial charge in [-0.05, 0) is 36.2 Å². The lowest BCUT2D eigenvalue weighted by Crippen LogP contribution is -2.24. The van der Waals surface area contributed by atoms with E-state index >= 15 is 0 Å². The molecule has 0 fully saturated rings. The highest BCUT2D eigenvalue weighted by atomic mass is 32.2. The number of imidazole rings is 1. The largest absolute Gasteiger partial charge is 0.325 e. The molecule has 1 unspecified atom stereocenters. The van der Waals surface area contributed by atoms with Gasteiger partial charge in [0.2, 0.25) is 11.7 Å². The molecule has 0 saturated heterocycles. The first kappa shape index (κ1) is 16.1. The topological polar surface area (TPSA) is 59.3 Å². The van der Waals surface area contributed by atoms with Crippen LogP contribution in [0.3, 0.4) is 0 Å². The van der Waals surface area contributed by atoms with Gasteiger partial charge in [-0.15, -0.1) is 11.8 Å². The fourth-order valence-corrected chi connectivity index (χ4v) is 4.44. The Morgan fingerprint density at radius 1 is 1.11 bits per heavy atom. The van der Waals surface area contributed by atoms with Gasteiger partial charge < -0.3 is 5.32 Å². The maximum atomic E-state index is 12.6. The number of nitrogens with zero attached hydrogens (tertiary/aromatic N) is 3. The molecule has 6 heteroatoms. The van der Waals surface area contributed by atoms with Gasteiger partial charge in [0, 0.05) is 34.7 Å². The van der Waals surface area contributed by atoms with Crippen LogP contribution in [0.25, 0.3) is 17.0 Å². The number of thioether (sulfide) groups is 1. The van der Waals surface area contributed by atoms with Crippen molar-refractivity contribution in [2.75, 3.05) is 5.32 Å². The zero-order valence-corrected chi connectivity index (χ0v) is 15.2. The molecule has 2 aromatic heterocycles. The Morgan fingerprint density at radius 2 is 1.96 bits per heavy atom. The highest BCUT2D eigenvalue weighted by Crippen LogP contribution is 2.37. The summed E-state index contributed by atoms with van der Waals surface area (Å²) in [5.41, 5.74) is 3.88. The number of benzene rings is 2. The van der Waals surface area contributed by atoms with Crippen LogP contribution in [0, 0.1) is 0 Å². The molecular formula is C21H16N4OS. The second kappa shape index (κ2) is 6.55. The molecule has 0 spiro atoms. The van der Waals surface area contributed by atoms with Gasteiger partial charge in [0.05, 0.1) is 10.9 Å². The summed E-state index contributed by atoms with van der Waals surface area (Å²) in [6, 6.07) is 17.8. The molecule has 5 nitrogen and oxygen atoms in total. The number of amides is 1. The molecule has 0 saturated carbocycles. The van der Waals surface area contributed by atoms with Crippen LogP contribution in [-0.4, -0.2) is 25.5 Å². The van der Waals surface area contributed by atoms with Gasteiger partial charge >= 0.3 is 0 Å². The number of carbonyl (C=O) groups is 1. The van der Waals surface area contributed by atoms with Gasteiger partial charge in [-0.1, -0.05) is 30.3 Å². The minimum atomic E-state index is -0.0772. The quantitative estimate of drug-likeness (QED) is 0.589.